The number of nitrogens with zero attached hydrogens (tertiary/aromatic N) is 2. The van der Waals surface area contributed by atoms with Gasteiger partial charge in [-0.25, -0.2) is 4.79 Å². The molecule has 0 atom stereocenters. The van der Waals surface area contributed by atoms with Gasteiger partial charge in [-0.05, 0) is 63.4 Å². The van der Waals surface area contributed by atoms with Gasteiger partial charge in [0.25, 0.3) is 0 Å². The van der Waals surface area contributed by atoms with E-state index in [1.807, 2.05) is 52.9 Å². The molecule has 188 valence electrons. The van der Waals surface area contributed by atoms with Gasteiger partial charge in [0.2, 0.25) is 0 Å². The zero-order valence-corrected chi connectivity index (χ0v) is 26.2. The summed E-state index contributed by atoms with van der Waals surface area (Å²) in [6, 6.07) is 19.5. The normalized spacial score (nSPS) is 15.6. The standard InChI is InChI=1S/C27H26BF3IN2O2.K/c1-18-25(28(29,30)31)14-19(15-26(18)32)16-33-10-12-34(13-11-33)27(35)36-17-24-22-8-4-2-6-20(22)21-7-3-5-9-23(21)24;/h2-9,14-15,24H,10-13,16-17H2,1H3;/q-1;+1. The molecule has 1 saturated heterocycles. The number of ether oxygens (including phenoxy) is 1. The van der Waals surface area contributed by atoms with E-state index >= 15 is 0 Å². The molecule has 0 N–H and O–H groups in total. The predicted molar refractivity (Wildman–Crippen MR) is 145 cm³/mol. The summed E-state index contributed by atoms with van der Waals surface area (Å²) in [6.07, 6.45) is -0.344. The van der Waals surface area contributed by atoms with Gasteiger partial charge in [0.05, 0.1) is 0 Å². The Labute approximate surface area is 271 Å². The van der Waals surface area contributed by atoms with Crippen molar-refractivity contribution in [2.75, 3.05) is 32.8 Å². The van der Waals surface area contributed by atoms with Gasteiger partial charge in [0.1, 0.15) is 6.61 Å². The van der Waals surface area contributed by atoms with E-state index in [2.05, 4.69) is 29.2 Å². The molecular weight excluding hydrogens is 618 g/mol. The number of halogens is 4. The van der Waals surface area contributed by atoms with Crippen LogP contribution in [0.2, 0.25) is 0 Å². The van der Waals surface area contributed by atoms with Crippen LogP contribution < -0.4 is 56.8 Å². The van der Waals surface area contributed by atoms with Crippen molar-refractivity contribution in [3.63, 3.8) is 0 Å². The third kappa shape index (κ3) is 6.31. The number of rotatable bonds is 5. The number of fused-ring (bicyclic) bond motifs is 3. The van der Waals surface area contributed by atoms with Gasteiger partial charge in [0, 0.05) is 42.2 Å². The largest absolute Gasteiger partial charge is 1.00 e. The molecule has 1 amide bonds. The molecule has 1 heterocycles. The van der Waals surface area contributed by atoms with Gasteiger partial charge in [-0.3, -0.25) is 4.90 Å². The molecule has 1 fully saturated rings. The third-order valence-corrected chi connectivity index (χ3v) is 8.29. The van der Waals surface area contributed by atoms with Crippen LogP contribution in [0.15, 0.2) is 60.7 Å². The average Bonchev–Trinajstić information content (AvgIpc) is 3.18. The Morgan fingerprint density at radius 3 is 2.11 bits per heavy atom. The molecule has 3 aromatic rings. The summed E-state index contributed by atoms with van der Waals surface area (Å²) in [5, 5.41) is 0. The summed E-state index contributed by atoms with van der Waals surface area (Å²) < 4.78 is 46.8. The molecule has 1 aliphatic carbocycles. The second kappa shape index (κ2) is 12.1. The summed E-state index contributed by atoms with van der Waals surface area (Å²) in [5.41, 5.74) is 5.12. The second-order valence-electron chi connectivity index (χ2n) is 9.43. The Hall–Kier alpha value is -0.889. The first-order valence-electron chi connectivity index (χ1n) is 12.0. The molecule has 0 spiro atoms. The maximum Gasteiger partial charge on any atom is 1.00 e. The predicted octanol–water partition coefficient (Wildman–Crippen LogP) is 2.72. The fraction of sp³-hybridized carbons (Fsp3) is 0.296. The van der Waals surface area contributed by atoms with Gasteiger partial charge < -0.3 is 22.6 Å². The molecule has 3 aromatic carbocycles. The molecule has 10 heteroatoms. The van der Waals surface area contributed by atoms with E-state index in [0.717, 1.165) is 0 Å². The Balaban J connectivity index is 0.00000320. The van der Waals surface area contributed by atoms with Gasteiger partial charge >= 0.3 is 64.5 Å². The van der Waals surface area contributed by atoms with E-state index < -0.39 is 12.4 Å². The van der Waals surface area contributed by atoms with Crippen LogP contribution in [0.4, 0.5) is 17.7 Å². The van der Waals surface area contributed by atoms with Crippen molar-refractivity contribution in [1.82, 2.24) is 9.80 Å². The molecule has 37 heavy (non-hydrogen) atoms. The van der Waals surface area contributed by atoms with Crippen molar-refractivity contribution in [3.05, 3.63) is 86.5 Å². The van der Waals surface area contributed by atoms with E-state index in [0.29, 0.717) is 41.9 Å². The minimum atomic E-state index is -5.06. The first kappa shape index (κ1) is 29.1. The molecule has 0 unspecified atom stereocenters. The second-order valence-corrected chi connectivity index (χ2v) is 10.6. The van der Waals surface area contributed by atoms with Crippen molar-refractivity contribution < 1.29 is 73.9 Å². The Morgan fingerprint density at radius 2 is 1.54 bits per heavy atom. The zero-order chi connectivity index (χ0) is 25.4. The van der Waals surface area contributed by atoms with Gasteiger partial charge in [-0.1, -0.05) is 60.2 Å². The van der Waals surface area contributed by atoms with E-state index in [1.165, 1.54) is 35.2 Å². The van der Waals surface area contributed by atoms with Crippen LogP contribution in [0.1, 0.15) is 28.2 Å². The van der Waals surface area contributed by atoms with Gasteiger partial charge in [-0.2, -0.15) is 0 Å². The maximum absolute atomic E-state index is 13.5. The van der Waals surface area contributed by atoms with Gasteiger partial charge in [0.15, 0.2) is 0 Å². The Bertz CT molecular complexity index is 1250. The van der Waals surface area contributed by atoms with Crippen molar-refractivity contribution in [3.8, 4) is 11.1 Å². The number of carbonyl (C=O) groups is 1. The molecule has 0 bridgehead atoms. The van der Waals surface area contributed by atoms with Crippen LogP contribution in [-0.2, 0) is 11.3 Å². The van der Waals surface area contributed by atoms with Crippen LogP contribution in [0.3, 0.4) is 0 Å². The maximum atomic E-state index is 13.5. The molecule has 0 aromatic heterocycles. The van der Waals surface area contributed by atoms with Crippen LogP contribution in [0.5, 0.6) is 0 Å². The van der Waals surface area contributed by atoms with Crippen molar-refractivity contribution in [2.24, 2.45) is 0 Å². The topological polar surface area (TPSA) is 32.8 Å². The number of amides is 1. The molecule has 0 radical (unpaired) electrons. The van der Waals surface area contributed by atoms with Crippen LogP contribution >= 0.6 is 22.6 Å². The average molecular weight is 644 g/mol. The number of benzene rings is 3. The smallest absolute Gasteiger partial charge is 0.448 e. The molecular formula is C27H26BF3IKN2O2. The van der Waals surface area contributed by atoms with Crippen molar-refractivity contribution in [1.29, 1.82) is 0 Å². The molecule has 1 aliphatic heterocycles. The zero-order valence-electron chi connectivity index (χ0n) is 20.9. The fourth-order valence-electron chi connectivity index (χ4n) is 5.22. The minimum absolute atomic E-state index is 0. The molecule has 2 aliphatic rings. The number of hydrogen-bond donors (Lipinski definition) is 0. The third-order valence-electron chi connectivity index (χ3n) is 7.17. The summed E-state index contributed by atoms with van der Waals surface area (Å²) in [5.74, 6) is 0.0103. The monoisotopic (exact) mass is 644 g/mol. The first-order valence-corrected chi connectivity index (χ1v) is 13.1. The quantitative estimate of drug-likeness (QED) is 0.317. The first-order chi connectivity index (χ1) is 17.2. The van der Waals surface area contributed by atoms with E-state index in [4.69, 9.17) is 4.74 Å². The minimum Gasteiger partial charge on any atom is -0.448 e. The van der Waals surface area contributed by atoms with Crippen LogP contribution in [0, 0.1) is 10.5 Å². The van der Waals surface area contributed by atoms with Crippen molar-refractivity contribution >= 4 is 41.1 Å². The number of carbonyl (C=O) groups excluding carboxylic acids is 1. The fourth-order valence-corrected chi connectivity index (χ4v) is 5.93. The molecule has 4 nitrogen and oxygen atoms in total. The van der Waals surface area contributed by atoms with E-state index in [1.54, 1.807) is 4.90 Å². The summed E-state index contributed by atoms with van der Waals surface area (Å²) in [6.45, 7) is -0.706. The Kier molecular flexibility index (Phi) is 9.52. The summed E-state index contributed by atoms with van der Waals surface area (Å²) >= 11 is 1.97. The summed E-state index contributed by atoms with van der Waals surface area (Å²) in [7, 11) is 0. The molecule has 0 saturated carbocycles. The molecule has 5 rings (SSSR count). The van der Waals surface area contributed by atoms with E-state index in [9.17, 15) is 17.7 Å². The van der Waals surface area contributed by atoms with Crippen LogP contribution in [-0.4, -0.2) is 55.7 Å². The number of hydrogen-bond acceptors (Lipinski definition) is 3. The van der Waals surface area contributed by atoms with E-state index in [-0.39, 0.29) is 75.6 Å². The van der Waals surface area contributed by atoms with Gasteiger partial charge in [-0.15, -0.1) is 5.46 Å². The van der Waals surface area contributed by atoms with Crippen molar-refractivity contribution in [2.45, 2.75) is 19.4 Å². The van der Waals surface area contributed by atoms with Crippen LogP contribution in [0.25, 0.3) is 11.1 Å². The summed E-state index contributed by atoms with van der Waals surface area (Å²) in [4.78, 5) is 16.6. The SMILES string of the molecule is Cc1c(I)cc(CN2CCN(C(=O)OCC3c4ccccc4-c4ccccc43)CC2)cc1[B-](F)(F)F.[K+]. The Morgan fingerprint density at radius 1 is 0.973 bits per heavy atom. The number of piperazine rings is 1.